The predicted molar refractivity (Wildman–Crippen MR) is 101 cm³/mol. The SMILES string of the molecule is C=CCC1(C(=O)NCCCC(=O)NC)CCN(C(=O)OC(C)(C)C)CC1. The van der Waals surface area contributed by atoms with E-state index in [-0.39, 0.29) is 17.9 Å². The van der Waals surface area contributed by atoms with E-state index in [1.54, 1.807) is 18.0 Å². The van der Waals surface area contributed by atoms with Gasteiger partial charge in [0.25, 0.3) is 0 Å². The van der Waals surface area contributed by atoms with E-state index in [0.717, 1.165) is 0 Å². The Labute approximate surface area is 156 Å². The molecule has 148 valence electrons. The van der Waals surface area contributed by atoms with E-state index in [9.17, 15) is 14.4 Å². The van der Waals surface area contributed by atoms with Crippen molar-refractivity contribution in [3.05, 3.63) is 12.7 Å². The van der Waals surface area contributed by atoms with Gasteiger partial charge in [-0.2, -0.15) is 0 Å². The highest BCUT2D eigenvalue weighted by Crippen LogP contribution is 2.36. The molecule has 1 aliphatic rings. The van der Waals surface area contributed by atoms with Crippen molar-refractivity contribution < 1.29 is 19.1 Å². The molecule has 2 N–H and O–H groups in total. The maximum Gasteiger partial charge on any atom is 0.410 e. The zero-order chi connectivity index (χ0) is 19.8. The molecule has 0 bridgehead atoms. The van der Waals surface area contributed by atoms with E-state index in [1.165, 1.54) is 0 Å². The molecule has 0 spiro atoms. The third-order valence-corrected chi connectivity index (χ3v) is 4.53. The number of nitrogens with zero attached hydrogens (tertiary/aromatic N) is 1. The van der Waals surface area contributed by atoms with Gasteiger partial charge in [-0.25, -0.2) is 4.79 Å². The van der Waals surface area contributed by atoms with Crippen LogP contribution in [0.5, 0.6) is 0 Å². The Morgan fingerprint density at radius 3 is 2.35 bits per heavy atom. The first kappa shape index (κ1) is 22.0. The van der Waals surface area contributed by atoms with Crippen molar-refractivity contribution in [3.63, 3.8) is 0 Å². The molecule has 0 saturated carbocycles. The monoisotopic (exact) mass is 367 g/mol. The summed E-state index contributed by atoms with van der Waals surface area (Å²) in [7, 11) is 1.60. The molecule has 0 aromatic carbocycles. The highest BCUT2D eigenvalue weighted by atomic mass is 16.6. The van der Waals surface area contributed by atoms with Crippen LogP contribution in [-0.4, -0.2) is 55.1 Å². The topological polar surface area (TPSA) is 87.7 Å². The van der Waals surface area contributed by atoms with Gasteiger partial charge in [-0.3, -0.25) is 9.59 Å². The first-order valence-corrected chi connectivity index (χ1v) is 9.21. The lowest BCUT2D eigenvalue weighted by molar-refractivity contribution is -0.134. The summed E-state index contributed by atoms with van der Waals surface area (Å²) in [5.41, 5.74) is -1.08. The number of carbonyl (C=O) groups is 3. The van der Waals surface area contributed by atoms with Gasteiger partial charge in [0.1, 0.15) is 5.60 Å². The van der Waals surface area contributed by atoms with Crippen molar-refractivity contribution in [2.45, 2.75) is 58.5 Å². The molecule has 0 unspecified atom stereocenters. The minimum atomic E-state index is -0.548. The fraction of sp³-hybridized carbons (Fsp3) is 0.737. The summed E-state index contributed by atoms with van der Waals surface area (Å²) >= 11 is 0. The van der Waals surface area contributed by atoms with Crippen LogP contribution in [0.15, 0.2) is 12.7 Å². The van der Waals surface area contributed by atoms with Gasteiger partial charge in [-0.15, -0.1) is 6.58 Å². The van der Waals surface area contributed by atoms with Crippen molar-refractivity contribution >= 4 is 17.9 Å². The number of amides is 3. The van der Waals surface area contributed by atoms with E-state index in [1.807, 2.05) is 20.8 Å². The Kier molecular flexibility index (Phi) is 8.11. The molecule has 1 aliphatic heterocycles. The second-order valence-electron chi connectivity index (χ2n) is 7.77. The van der Waals surface area contributed by atoms with Crippen molar-refractivity contribution in [2.75, 3.05) is 26.7 Å². The van der Waals surface area contributed by atoms with Crippen LogP contribution < -0.4 is 10.6 Å². The summed E-state index contributed by atoms with van der Waals surface area (Å²) in [6, 6.07) is 0. The summed E-state index contributed by atoms with van der Waals surface area (Å²) in [6.07, 6.45) is 4.11. The van der Waals surface area contributed by atoms with E-state index >= 15 is 0 Å². The van der Waals surface area contributed by atoms with Gasteiger partial charge >= 0.3 is 6.09 Å². The molecular weight excluding hydrogens is 334 g/mol. The van der Waals surface area contributed by atoms with Gasteiger partial charge in [0.15, 0.2) is 0 Å². The average Bonchev–Trinajstić information content (AvgIpc) is 2.57. The second kappa shape index (κ2) is 9.59. The van der Waals surface area contributed by atoms with Crippen molar-refractivity contribution in [1.82, 2.24) is 15.5 Å². The quantitative estimate of drug-likeness (QED) is 0.533. The average molecular weight is 367 g/mol. The summed E-state index contributed by atoms with van der Waals surface area (Å²) in [4.78, 5) is 37.8. The fourth-order valence-electron chi connectivity index (χ4n) is 3.01. The minimum Gasteiger partial charge on any atom is -0.444 e. The molecule has 0 aliphatic carbocycles. The second-order valence-corrected chi connectivity index (χ2v) is 7.77. The number of hydrogen-bond donors (Lipinski definition) is 2. The molecule has 0 aromatic rings. The van der Waals surface area contributed by atoms with E-state index in [2.05, 4.69) is 17.2 Å². The number of hydrogen-bond acceptors (Lipinski definition) is 4. The highest BCUT2D eigenvalue weighted by molar-refractivity contribution is 5.83. The predicted octanol–water partition coefficient (Wildman–Crippen LogP) is 2.22. The number of likely N-dealkylation sites (tertiary alicyclic amines) is 1. The molecule has 0 radical (unpaired) electrons. The van der Waals surface area contributed by atoms with Crippen LogP contribution in [0.25, 0.3) is 0 Å². The van der Waals surface area contributed by atoms with Gasteiger partial charge in [0.2, 0.25) is 11.8 Å². The zero-order valence-electron chi connectivity index (χ0n) is 16.5. The number of ether oxygens (including phenoxy) is 1. The molecule has 7 nitrogen and oxygen atoms in total. The third kappa shape index (κ3) is 6.69. The fourth-order valence-corrected chi connectivity index (χ4v) is 3.01. The maximum absolute atomic E-state index is 12.7. The lowest BCUT2D eigenvalue weighted by Crippen LogP contribution is -2.51. The lowest BCUT2D eigenvalue weighted by atomic mass is 9.75. The van der Waals surface area contributed by atoms with E-state index in [4.69, 9.17) is 4.74 Å². The van der Waals surface area contributed by atoms with Crippen LogP contribution in [0.4, 0.5) is 4.79 Å². The Morgan fingerprint density at radius 1 is 1.23 bits per heavy atom. The van der Waals surface area contributed by atoms with Crippen LogP contribution in [-0.2, 0) is 14.3 Å². The molecule has 0 aromatic heterocycles. The van der Waals surface area contributed by atoms with Crippen LogP contribution in [0.3, 0.4) is 0 Å². The number of piperidine rings is 1. The number of allylic oxidation sites excluding steroid dienone is 1. The van der Waals surface area contributed by atoms with Gasteiger partial charge in [-0.05, 0) is 46.5 Å². The highest BCUT2D eigenvalue weighted by Gasteiger charge is 2.41. The minimum absolute atomic E-state index is 0.0295. The van der Waals surface area contributed by atoms with E-state index in [0.29, 0.717) is 51.7 Å². The first-order valence-electron chi connectivity index (χ1n) is 9.21. The smallest absolute Gasteiger partial charge is 0.410 e. The molecule has 1 rings (SSSR count). The van der Waals surface area contributed by atoms with Gasteiger partial charge < -0.3 is 20.3 Å². The van der Waals surface area contributed by atoms with Crippen molar-refractivity contribution in [1.29, 1.82) is 0 Å². The van der Waals surface area contributed by atoms with Gasteiger partial charge in [0, 0.05) is 33.1 Å². The molecular formula is C19H33N3O4. The summed E-state index contributed by atoms with van der Waals surface area (Å²) < 4.78 is 5.41. The lowest BCUT2D eigenvalue weighted by Gasteiger charge is -2.40. The van der Waals surface area contributed by atoms with Crippen LogP contribution in [0, 0.1) is 5.41 Å². The normalized spacial score (nSPS) is 16.5. The molecule has 7 heteroatoms. The standard InChI is InChI=1S/C19H33N3O4/c1-6-9-19(16(24)21-12-7-8-15(23)20-5)10-13-22(14-11-19)17(25)26-18(2,3)4/h6H,1,7-14H2,2-5H3,(H,20,23)(H,21,24). The number of carbonyl (C=O) groups excluding carboxylic acids is 3. The summed E-state index contributed by atoms with van der Waals surface area (Å²) in [6.45, 7) is 10.7. The Bertz CT molecular complexity index is 517. The third-order valence-electron chi connectivity index (χ3n) is 4.53. The Hall–Kier alpha value is -2.05. The molecule has 1 fully saturated rings. The molecule has 1 saturated heterocycles. The Balaban J connectivity index is 2.58. The van der Waals surface area contributed by atoms with E-state index < -0.39 is 11.0 Å². The zero-order valence-corrected chi connectivity index (χ0v) is 16.5. The summed E-state index contributed by atoms with van der Waals surface area (Å²) in [5.74, 6) is -0.0659. The van der Waals surface area contributed by atoms with Gasteiger partial charge in [-0.1, -0.05) is 6.08 Å². The number of rotatable bonds is 7. The summed E-state index contributed by atoms with van der Waals surface area (Å²) in [5, 5.41) is 5.50. The molecule has 3 amide bonds. The van der Waals surface area contributed by atoms with Crippen molar-refractivity contribution in [2.24, 2.45) is 5.41 Å². The van der Waals surface area contributed by atoms with Crippen LogP contribution in [0.2, 0.25) is 0 Å². The first-order chi connectivity index (χ1) is 12.1. The Morgan fingerprint density at radius 2 is 1.85 bits per heavy atom. The van der Waals surface area contributed by atoms with Gasteiger partial charge in [0.05, 0.1) is 5.41 Å². The van der Waals surface area contributed by atoms with Crippen molar-refractivity contribution in [3.8, 4) is 0 Å². The number of nitrogens with one attached hydrogen (secondary N) is 2. The molecule has 26 heavy (non-hydrogen) atoms. The molecule has 0 atom stereocenters. The molecule has 1 heterocycles. The van der Waals surface area contributed by atoms with Crippen LogP contribution >= 0.6 is 0 Å². The largest absolute Gasteiger partial charge is 0.444 e. The maximum atomic E-state index is 12.7. The van der Waals surface area contributed by atoms with Crippen LogP contribution in [0.1, 0.15) is 52.9 Å².